The monoisotopic (exact) mass is 139 g/mol. The molecule has 0 unspecified atom stereocenters. The quantitative estimate of drug-likeness (QED) is 0.606. The van der Waals surface area contributed by atoms with Crippen LogP contribution in [0.15, 0.2) is 9.98 Å². The fourth-order valence-corrected chi connectivity index (χ4v) is 0.733. The largest absolute Gasteiger partial charge is 0.309 e. The van der Waals surface area contributed by atoms with Crippen LogP contribution in [0.2, 0.25) is 0 Å². The molecular formula is C7H13N3. The summed E-state index contributed by atoms with van der Waals surface area (Å²) in [6.07, 6.45) is 1.62. The maximum absolute atomic E-state index is 4.07. The molecule has 56 valence electrons. The molecule has 10 heavy (non-hydrogen) atoms. The predicted molar refractivity (Wildman–Crippen MR) is 43.9 cm³/mol. The summed E-state index contributed by atoms with van der Waals surface area (Å²) in [6.45, 7) is 5.89. The molecule has 0 saturated heterocycles. The summed E-state index contributed by atoms with van der Waals surface area (Å²) >= 11 is 0. The van der Waals surface area contributed by atoms with E-state index in [4.69, 9.17) is 0 Å². The highest BCUT2D eigenvalue weighted by molar-refractivity contribution is 5.97. The summed E-state index contributed by atoms with van der Waals surface area (Å²) < 4.78 is 0. The average Bonchev–Trinajstić information content (AvgIpc) is 2.34. The van der Waals surface area contributed by atoms with E-state index in [-0.39, 0.29) is 0 Å². The molecular weight excluding hydrogens is 126 g/mol. The van der Waals surface area contributed by atoms with E-state index < -0.39 is 0 Å². The third kappa shape index (κ3) is 2.27. The van der Waals surface area contributed by atoms with Crippen LogP contribution in [0.3, 0.4) is 0 Å². The highest BCUT2D eigenvalue weighted by Gasteiger charge is 2.01. The maximum Gasteiger partial charge on any atom is 0.110 e. The third-order valence-corrected chi connectivity index (χ3v) is 1.31. The molecule has 0 amide bonds. The summed E-state index contributed by atoms with van der Waals surface area (Å²) in [5.74, 6) is 0. The van der Waals surface area contributed by atoms with Gasteiger partial charge in [-0.15, -0.1) is 0 Å². The molecule has 1 aliphatic heterocycles. The lowest BCUT2D eigenvalue weighted by Crippen LogP contribution is -2.29. The van der Waals surface area contributed by atoms with Crippen molar-refractivity contribution in [2.24, 2.45) is 9.98 Å². The van der Waals surface area contributed by atoms with Crippen LogP contribution in [0.1, 0.15) is 13.8 Å². The van der Waals surface area contributed by atoms with E-state index in [1.54, 1.807) is 6.34 Å². The van der Waals surface area contributed by atoms with Gasteiger partial charge < -0.3 is 5.32 Å². The van der Waals surface area contributed by atoms with Crippen LogP contribution in [0.25, 0.3) is 0 Å². The van der Waals surface area contributed by atoms with Crippen molar-refractivity contribution in [1.82, 2.24) is 5.32 Å². The average molecular weight is 139 g/mol. The Kier molecular flexibility index (Phi) is 2.57. The first-order chi connectivity index (χ1) is 4.79. The lowest BCUT2D eigenvalue weighted by molar-refractivity contribution is 0.641. The molecule has 0 spiro atoms. The second-order valence-electron chi connectivity index (χ2n) is 2.69. The molecule has 0 fully saturated rings. The van der Waals surface area contributed by atoms with Crippen molar-refractivity contribution in [1.29, 1.82) is 0 Å². The Morgan fingerprint density at radius 2 is 2.50 bits per heavy atom. The minimum absolute atomic E-state index is 0.531. The van der Waals surface area contributed by atoms with E-state index in [1.807, 2.05) is 0 Å². The number of nitrogens with zero attached hydrogens (tertiary/aromatic N) is 2. The topological polar surface area (TPSA) is 36.8 Å². The summed E-state index contributed by atoms with van der Waals surface area (Å²) in [6, 6.07) is 0.531. The van der Waals surface area contributed by atoms with Crippen molar-refractivity contribution < 1.29 is 0 Å². The molecule has 3 nitrogen and oxygen atoms in total. The van der Waals surface area contributed by atoms with Crippen LogP contribution in [-0.2, 0) is 0 Å². The van der Waals surface area contributed by atoms with Crippen LogP contribution >= 0.6 is 0 Å². The lowest BCUT2D eigenvalue weighted by atomic mass is 10.3. The molecule has 0 atom stereocenters. The van der Waals surface area contributed by atoms with Crippen LogP contribution < -0.4 is 5.32 Å². The Balaban J connectivity index is 2.15. The van der Waals surface area contributed by atoms with Gasteiger partial charge in [0.15, 0.2) is 0 Å². The highest BCUT2D eigenvalue weighted by Crippen LogP contribution is 1.87. The van der Waals surface area contributed by atoms with Gasteiger partial charge in [-0.1, -0.05) is 13.8 Å². The fourth-order valence-electron chi connectivity index (χ4n) is 0.733. The van der Waals surface area contributed by atoms with E-state index >= 15 is 0 Å². The Bertz CT molecular complexity index is 158. The summed E-state index contributed by atoms with van der Waals surface area (Å²) in [7, 11) is 0. The van der Waals surface area contributed by atoms with E-state index in [1.165, 1.54) is 0 Å². The van der Waals surface area contributed by atoms with Gasteiger partial charge in [-0.25, -0.2) is 4.99 Å². The maximum atomic E-state index is 4.07. The molecule has 1 aliphatic rings. The van der Waals surface area contributed by atoms with Gasteiger partial charge >= 0.3 is 0 Å². The number of aliphatic imine (C=N–C) groups is 2. The van der Waals surface area contributed by atoms with Crippen molar-refractivity contribution in [3.63, 3.8) is 0 Å². The molecule has 0 aromatic rings. The van der Waals surface area contributed by atoms with E-state index in [9.17, 15) is 0 Å². The van der Waals surface area contributed by atoms with E-state index in [0.717, 1.165) is 18.8 Å². The number of rotatable bonds is 3. The van der Waals surface area contributed by atoms with Gasteiger partial charge in [0.2, 0.25) is 0 Å². The second kappa shape index (κ2) is 3.46. The zero-order valence-electron chi connectivity index (χ0n) is 6.46. The Hall–Kier alpha value is -0.700. The van der Waals surface area contributed by atoms with Crippen molar-refractivity contribution in [3.8, 4) is 0 Å². The second-order valence-corrected chi connectivity index (χ2v) is 2.69. The Labute approximate surface area is 61.3 Å². The predicted octanol–water partition coefficient (Wildman–Crippen LogP) is 0.467. The highest BCUT2D eigenvalue weighted by atomic mass is 15.0. The fraction of sp³-hybridized carbons (Fsp3) is 0.714. The van der Waals surface area contributed by atoms with Crippen molar-refractivity contribution in [2.45, 2.75) is 19.9 Å². The summed E-state index contributed by atoms with van der Waals surface area (Å²) in [4.78, 5) is 8.04. The Morgan fingerprint density at radius 1 is 1.70 bits per heavy atom. The first-order valence-electron chi connectivity index (χ1n) is 3.56. The Morgan fingerprint density at radius 3 is 3.00 bits per heavy atom. The van der Waals surface area contributed by atoms with E-state index in [2.05, 4.69) is 29.1 Å². The number of hydrogen-bond acceptors (Lipinski definition) is 3. The van der Waals surface area contributed by atoms with Crippen molar-refractivity contribution >= 4 is 12.1 Å². The normalized spacial score (nSPS) is 16.5. The summed E-state index contributed by atoms with van der Waals surface area (Å²) in [5, 5.41) is 3.28. The van der Waals surface area contributed by atoms with Gasteiger partial charge in [-0.05, 0) is 0 Å². The van der Waals surface area contributed by atoms with Gasteiger partial charge in [0, 0.05) is 12.6 Å². The number of nitrogens with one attached hydrogen (secondary N) is 1. The van der Waals surface area contributed by atoms with Gasteiger partial charge in [-0.3, -0.25) is 4.99 Å². The minimum atomic E-state index is 0.531. The van der Waals surface area contributed by atoms with Crippen molar-refractivity contribution in [2.75, 3.05) is 13.1 Å². The first kappa shape index (κ1) is 7.41. The van der Waals surface area contributed by atoms with Gasteiger partial charge in [0.25, 0.3) is 0 Å². The first-order valence-corrected chi connectivity index (χ1v) is 3.56. The molecule has 0 aliphatic carbocycles. The molecule has 0 bridgehead atoms. The molecule has 0 radical (unpaired) electrons. The van der Waals surface area contributed by atoms with Crippen LogP contribution in [0, 0.1) is 0 Å². The standard InChI is InChI=1S/C7H13N3/c1-6(2)9-4-7-3-8-5-10-7/h5-6,9H,3-4H2,1-2H3. The summed E-state index contributed by atoms with van der Waals surface area (Å²) in [5.41, 5.74) is 1.13. The molecule has 1 N–H and O–H groups in total. The number of hydrogen-bond donors (Lipinski definition) is 1. The molecule has 0 aromatic carbocycles. The van der Waals surface area contributed by atoms with Gasteiger partial charge in [-0.2, -0.15) is 0 Å². The van der Waals surface area contributed by atoms with Crippen molar-refractivity contribution in [3.05, 3.63) is 0 Å². The molecule has 1 rings (SSSR count). The van der Waals surface area contributed by atoms with Crippen LogP contribution in [0.5, 0.6) is 0 Å². The lowest BCUT2D eigenvalue weighted by Gasteiger charge is -2.05. The van der Waals surface area contributed by atoms with Crippen LogP contribution in [0.4, 0.5) is 0 Å². The zero-order chi connectivity index (χ0) is 7.40. The van der Waals surface area contributed by atoms with E-state index in [0.29, 0.717) is 6.04 Å². The minimum Gasteiger partial charge on any atom is -0.309 e. The van der Waals surface area contributed by atoms with Gasteiger partial charge in [0.1, 0.15) is 6.34 Å². The molecule has 3 heteroatoms. The molecule has 0 aromatic heterocycles. The van der Waals surface area contributed by atoms with Crippen LogP contribution in [-0.4, -0.2) is 31.2 Å². The molecule has 1 heterocycles. The third-order valence-electron chi connectivity index (χ3n) is 1.31. The van der Waals surface area contributed by atoms with Gasteiger partial charge in [0.05, 0.1) is 12.3 Å². The molecule has 0 saturated carbocycles. The smallest absolute Gasteiger partial charge is 0.110 e. The zero-order valence-corrected chi connectivity index (χ0v) is 6.46. The SMILES string of the molecule is CC(C)NCC1=NC=NC1.